The van der Waals surface area contributed by atoms with Gasteiger partial charge in [0.25, 0.3) is 0 Å². The van der Waals surface area contributed by atoms with Crippen molar-refractivity contribution in [3.05, 3.63) is 0 Å². The van der Waals surface area contributed by atoms with E-state index in [4.69, 9.17) is 15.2 Å². The molecular weight excluding hydrogens is 272 g/mol. The number of alkyl carbamates (subject to hydrolysis) is 1. The summed E-state index contributed by atoms with van der Waals surface area (Å²) in [5, 5.41) is 2.91. The number of ether oxygens (including phenoxy) is 2. The zero-order valence-corrected chi connectivity index (χ0v) is 13.9. The van der Waals surface area contributed by atoms with Crippen LogP contribution < -0.4 is 11.1 Å². The average Bonchev–Trinajstić information content (AvgIpc) is 2.61. The fourth-order valence-corrected chi connectivity index (χ4v) is 2.96. The molecule has 0 spiro atoms. The van der Waals surface area contributed by atoms with E-state index in [1.54, 1.807) is 0 Å². The first kappa shape index (κ1) is 17.8. The highest BCUT2D eigenvalue weighted by atomic mass is 16.6. The Kier molecular flexibility index (Phi) is 4.93. The number of hydrogen-bond donors (Lipinski definition) is 2. The molecule has 6 nitrogen and oxygen atoms in total. The second-order valence-corrected chi connectivity index (χ2v) is 7.52. The van der Waals surface area contributed by atoms with Crippen molar-refractivity contribution in [3.63, 3.8) is 0 Å². The molecule has 21 heavy (non-hydrogen) atoms. The second-order valence-electron chi connectivity index (χ2n) is 7.52. The zero-order valence-electron chi connectivity index (χ0n) is 13.9. The highest BCUT2D eigenvalue weighted by Gasteiger charge is 2.49. The number of methoxy groups -OCH3 is 1. The van der Waals surface area contributed by atoms with Gasteiger partial charge >= 0.3 is 12.1 Å². The summed E-state index contributed by atoms with van der Waals surface area (Å²) in [6.45, 7) is 9.37. The van der Waals surface area contributed by atoms with Crippen LogP contribution in [0, 0.1) is 5.41 Å². The van der Waals surface area contributed by atoms with Crippen LogP contribution in [-0.4, -0.2) is 36.4 Å². The molecule has 3 unspecified atom stereocenters. The van der Waals surface area contributed by atoms with Crippen molar-refractivity contribution in [3.8, 4) is 0 Å². The molecule has 3 N–H and O–H groups in total. The van der Waals surface area contributed by atoms with Gasteiger partial charge in [0.2, 0.25) is 0 Å². The Hall–Kier alpha value is -1.30. The largest absolute Gasteiger partial charge is 0.468 e. The lowest BCUT2D eigenvalue weighted by molar-refractivity contribution is -0.145. The minimum Gasteiger partial charge on any atom is -0.468 e. The van der Waals surface area contributed by atoms with E-state index in [1.807, 2.05) is 34.6 Å². The van der Waals surface area contributed by atoms with Crippen molar-refractivity contribution in [1.29, 1.82) is 0 Å². The monoisotopic (exact) mass is 300 g/mol. The fraction of sp³-hybridized carbons (Fsp3) is 0.867. The highest BCUT2D eigenvalue weighted by Crippen LogP contribution is 2.45. The van der Waals surface area contributed by atoms with E-state index in [0.717, 1.165) is 12.8 Å². The Balaban J connectivity index is 2.71. The molecule has 0 radical (unpaired) electrons. The molecule has 6 heteroatoms. The van der Waals surface area contributed by atoms with E-state index < -0.39 is 34.7 Å². The van der Waals surface area contributed by atoms with E-state index in [1.165, 1.54) is 7.11 Å². The predicted octanol–water partition coefficient (Wildman–Crippen LogP) is 1.96. The van der Waals surface area contributed by atoms with Gasteiger partial charge < -0.3 is 20.5 Å². The van der Waals surface area contributed by atoms with Gasteiger partial charge in [-0.15, -0.1) is 0 Å². The Morgan fingerprint density at radius 2 is 1.81 bits per heavy atom. The first-order valence-electron chi connectivity index (χ1n) is 7.25. The molecule has 1 aliphatic carbocycles. The number of carbonyl (C=O) groups is 2. The van der Waals surface area contributed by atoms with Crippen LogP contribution in [0.1, 0.15) is 53.9 Å². The predicted molar refractivity (Wildman–Crippen MR) is 79.7 cm³/mol. The van der Waals surface area contributed by atoms with Crippen molar-refractivity contribution in [2.24, 2.45) is 11.1 Å². The SMILES string of the molecule is COC(=O)C(N)C1(C)CCC(C)(NC(=O)OC(C)(C)C)C1. The summed E-state index contributed by atoms with van der Waals surface area (Å²) in [6.07, 6.45) is 1.65. The van der Waals surface area contributed by atoms with Crippen LogP contribution in [0.3, 0.4) is 0 Å². The molecule has 0 aromatic rings. The molecule has 0 saturated heterocycles. The van der Waals surface area contributed by atoms with Crippen LogP contribution in [0.25, 0.3) is 0 Å². The Morgan fingerprint density at radius 1 is 1.24 bits per heavy atom. The van der Waals surface area contributed by atoms with Crippen LogP contribution in [0.5, 0.6) is 0 Å². The third-order valence-electron chi connectivity index (χ3n) is 4.05. The number of esters is 1. The van der Waals surface area contributed by atoms with Crippen LogP contribution in [-0.2, 0) is 14.3 Å². The highest BCUT2D eigenvalue weighted by molar-refractivity contribution is 5.76. The molecule has 1 amide bonds. The number of amides is 1. The average molecular weight is 300 g/mol. The summed E-state index contributed by atoms with van der Waals surface area (Å²) in [6, 6.07) is -0.690. The van der Waals surface area contributed by atoms with Gasteiger partial charge in [-0.05, 0) is 52.4 Å². The number of hydrogen-bond acceptors (Lipinski definition) is 5. The molecule has 1 saturated carbocycles. The van der Waals surface area contributed by atoms with Crippen molar-refractivity contribution in [1.82, 2.24) is 5.32 Å². The fourth-order valence-electron chi connectivity index (χ4n) is 2.96. The van der Waals surface area contributed by atoms with E-state index in [2.05, 4.69) is 5.32 Å². The van der Waals surface area contributed by atoms with Crippen LogP contribution in [0.4, 0.5) is 4.79 Å². The zero-order chi connectivity index (χ0) is 16.5. The lowest BCUT2D eigenvalue weighted by Crippen LogP contribution is -2.50. The molecule has 0 aromatic carbocycles. The van der Waals surface area contributed by atoms with Gasteiger partial charge in [-0.25, -0.2) is 4.79 Å². The van der Waals surface area contributed by atoms with Crippen molar-refractivity contribution in [2.75, 3.05) is 7.11 Å². The molecule has 0 bridgehead atoms. The van der Waals surface area contributed by atoms with Gasteiger partial charge in [0.1, 0.15) is 11.6 Å². The maximum atomic E-state index is 11.9. The minimum atomic E-state index is -0.690. The number of nitrogens with two attached hydrogens (primary N) is 1. The number of carbonyl (C=O) groups excluding carboxylic acids is 2. The number of rotatable bonds is 3. The molecule has 122 valence electrons. The summed E-state index contributed by atoms with van der Waals surface area (Å²) in [7, 11) is 1.33. The van der Waals surface area contributed by atoms with Gasteiger partial charge in [-0.3, -0.25) is 4.79 Å². The lowest BCUT2D eigenvalue weighted by Gasteiger charge is -2.33. The standard InChI is InChI=1S/C15H28N2O4/c1-13(2,3)21-12(19)17-15(5)8-7-14(4,9-15)10(16)11(18)20-6/h10H,7-9,16H2,1-6H3,(H,17,19). The van der Waals surface area contributed by atoms with Crippen molar-refractivity contribution >= 4 is 12.1 Å². The van der Waals surface area contributed by atoms with Crippen molar-refractivity contribution < 1.29 is 19.1 Å². The summed E-state index contributed by atoms with van der Waals surface area (Å²) in [5.41, 5.74) is 4.65. The van der Waals surface area contributed by atoms with E-state index in [-0.39, 0.29) is 0 Å². The third kappa shape index (κ3) is 4.59. The topological polar surface area (TPSA) is 90.6 Å². The quantitative estimate of drug-likeness (QED) is 0.778. The lowest BCUT2D eigenvalue weighted by atomic mass is 9.79. The van der Waals surface area contributed by atoms with Crippen LogP contribution in [0.15, 0.2) is 0 Å². The minimum absolute atomic E-state index is 0.392. The maximum absolute atomic E-state index is 11.9. The molecule has 0 aromatic heterocycles. The molecule has 1 aliphatic rings. The normalized spacial score (nSPS) is 30.6. The smallest absolute Gasteiger partial charge is 0.408 e. The van der Waals surface area contributed by atoms with Gasteiger partial charge in [0, 0.05) is 5.54 Å². The molecule has 0 heterocycles. The van der Waals surface area contributed by atoms with Crippen molar-refractivity contribution in [2.45, 2.75) is 71.1 Å². The summed E-state index contributed by atoms with van der Waals surface area (Å²) in [5.74, 6) is -0.418. The summed E-state index contributed by atoms with van der Waals surface area (Å²) >= 11 is 0. The Labute approximate surface area is 126 Å². The van der Waals surface area contributed by atoms with E-state index in [0.29, 0.717) is 6.42 Å². The molecule has 1 rings (SSSR count). The van der Waals surface area contributed by atoms with Gasteiger partial charge in [0.05, 0.1) is 7.11 Å². The first-order valence-corrected chi connectivity index (χ1v) is 7.25. The van der Waals surface area contributed by atoms with Gasteiger partial charge in [0.15, 0.2) is 0 Å². The summed E-state index contributed by atoms with van der Waals surface area (Å²) in [4.78, 5) is 23.6. The molecule has 0 aliphatic heterocycles. The van der Waals surface area contributed by atoms with Gasteiger partial charge in [-0.2, -0.15) is 0 Å². The third-order valence-corrected chi connectivity index (χ3v) is 4.05. The van der Waals surface area contributed by atoms with Gasteiger partial charge in [-0.1, -0.05) is 6.92 Å². The molecular formula is C15H28N2O4. The first-order chi connectivity index (χ1) is 9.41. The maximum Gasteiger partial charge on any atom is 0.408 e. The molecule has 3 atom stereocenters. The second kappa shape index (κ2) is 5.83. The van der Waals surface area contributed by atoms with E-state index >= 15 is 0 Å². The van der Waals surface area contributed by atoms with Crippen LogP contribution >= 0.6 is 0 Å². The summed E-state index contributed by atoms with van der Waals surface area (Å²) < 4.78 is 10.0. The number of nitrogens with one attached hydrogen (secondary N) is 1. The van der Waals surface area contributed by atoms with Crippen LogP contribution in [0.2, 0.25) is 0 Å². The Bertz CT molecular complexity index is 418. The Morgan fingerprint density at radius 3 is 2.29 bits per heavy atom. The van der Waals surface area contributed by atoms with E-state index in [9.17, 15) is 9.59 Å². The molecule has 1 fully saturated rings.